The van der Waals surface area contributed by atoms with Gasteiger partial charge in [-0.15, -0.1) is 0 Å². The molecule has 2 saturated heterocycles. The molecule has 122 valence electrons. The van der Waals surface area contributed by atoms with Gasteiger partial charge in [-0.1, -0.05) is 30.3 Å². The van der Waals surface area contributed by atoms with Crippen LogP contribution in [0.3, 0.4) is 0 Å². The summed E-state index contributed by atoms with van der Waals surface area (Å²) in [6.07, 6.45) is 3.80. The summed E-state index contributed by atoms with van der Waals surface area (Å²) in [5.41, 5.74) is 1.89. The van der Waals surface area contributed by atoms with Crippen molar-refractivity contribution < 1.29 is 9.47 Å². The highest BCUT2D eigenvalue weighted by atomic mass is 16.5. The summed E-state index contributed by atoms with van der Waals surface area (Å²) in [7, 11) is 0. The molecule has 3 heteroatoms. The molecule has 1 aromatic rings. The van der Waals surface area contributed by atoms with Crippen molar-refractivity contribution in [3.05, 3.63) is 35.9 Å². The molecule has 0 aliphatic carbocycles. The van der Waals surface area contributed by atoms with Crippen LogP contribution in [0.1, 0.15) is 31.7 Å². The number of nitrogens with zero attached hydrogens (tertiary/aromatic N) is 1. The SMILES string of the molecule is CCOC[C@H]1COCCC12CCN(Cc1ccccc1)CC2. The molecule has 3 rings (SSSR count). The lowest BCUT2D eigenvalue weighted by Crippen LogP contribution is -2.49. The first-order chi connectivity index (χ1) is 10.8. The molecule has 0 aromatic heterocycles. The molecule has 1 atom stereocenters. The Morgan fingerprint density at radius 3 is 2.68 bits per heavy atom. The van der Waals surface area contributed by atoms with Gasteiger partial charge < -0.3 is 9.47 Å². The average Bonchev–Trinajstić information content (AvgIpc) is 2.57. The molecule has 2 heterocycles. The minimum atomic E-state index is 0.459. The topological polar surface area (TPSA) is 21.7 Å². The molecule has 0 amide bonds. The Bertz CT molecular complexity index is 440. The molecule has 22 heavy (non-hydrogen) atoms. The van der Waals surface area contributed by atoms with Gasteiger partial charge in [-0.05, 0) is 50.3 Å². The Kier molecular flexibility index (Phi) is 5.51. The van der Waals surface area contributed by atoms with Crippen LogP contribution < -0.4 is 0 Å². The van der Waals surface area contributed by atoms with Crippen molar-refractivity contribution in [1.29, 1.82) is 0 Å². The van der Waals surface area contributed by atoms with E-state index < -0.39 is 0 Å². The molecule has 1 spiro atoms. The van der Waals surface area contributed by atoms with Crippen molar-refractivity contribution in [1.82, 2.24) is 4.90 Å². The lowest BCUT2D eigenvalue weighted by Gasteiger charge is -2.49. The van der Waals surface area contributed by atoms with Crippen molar-refractivity contribution >= 4 is 0 Å². The lowest BCUT2D eigenvalue weighted by atomic mass is 9.66. The quantitative estimate of drug-likeness (QED) is 0.833. The van der Waals surface area contributed by atoms with E-state index in [1.165, 1.54) is 37.9 Å². The summed E-state index contributed by atoms with van der Waals surface area (Å²) in [4.78, 5) is 2.60. The molecule has 0 saturated carbocycles. The van der Waals surface area contributed by atoms with E-state index in [4.69, 9.17) is 9.47 Å². The second kappa shape index (κ2) is 7.58. The number of piperidine rings is 1. The number of rotatable bonds is 5. The van der Waals surface area contributed by atoms with E-state index in [9.17, 15) is 0 Å². The third-order valence-electron chi connectivity index (χ3n) is 5.55. The van der Waals surface area contributed by atoms with Gasteiger partial charge in [-0.25, -0.2) is 0 Å². The third kappa shape index (κ3) is 3.70. The van der Waals surface area contributed by atoms with Gasteiger partial charge in [-0.3, -0.25) is 4.90 Å². The fraction of sp³-hybridized carbons (Fsp3) is 0.684. The predicted octanol–water partition coefficient (Wildman–Crippen LogP) is 3.34. The molecule has 0 radical (unpaired) electrons. The van der Waals surface area contributed by atoms with Crippen molar-refractivity contribution in [2.75, 3.05) is 39.5 Å². The molecule has 3 nitrogen and oxygen atoms in total. The van der Waals surface area contributed by atoms with Crippen LogP contribution in [0.25, 0.3) is 0 Å². The number of ether oxygens (including phenoxy) is 2. The van der Waals surface area contributed by atoms with E-state index >= 15 is 0 Å². The molecular weight excluding hydrogens is 274 g/mol. The van der Waals surface area contributed by atoms with E-state index in [0.717, 1.165) is 33.0 Å². The van der Waals surface area contributed by atoms with Gasteiger partial charge in [0, 0.05) is 25.7 Å². The van der Waals surface area contributed by atoms with Crippen LogP contribution in [0.5, 0.6) is 0 Å². The average molecular weight is 303 g/mol. The summed E-state index contributed by atoms with van der Waals surface area (Å²) >= 11 is 0. The second-order valence-corrected chi connectivity index (χ2v) is 6.81. The minimum absolute atomic E-state index is 0.459. The van der Waals surface area contributed by atoms with Gasteiger partial charge in [0.2, 0.25) is 0 Å². The molecule has 0 N–H and O–H groups in total. The second-order valence-electron chi connectivity index (χ2n) is 6.81. The molecule has 2 aliphatic rings. The van der Waals surface area contributed by atoms with Gasteiger partial charge >= 0.3 is 0 Å². The Morgan fingerprint density at radius 2 is 1.95 bits per heavy atom. The van der Waals surface area contributed by atoms with Crippen molar-refractivity contribution in [2.24, 2.45) is 11.3 Å². The van der Waals surface area contributed by atoms with Crippen LogP contribution in [-0.2, 0) is 16.0 Å². The molecule has 2 aliphatic heterocycles. The summed E-state index contributed by atoms with van der Waals surface area (Å²) < 4.78 is 11.5. The van der Waals surface area contributed by atoms with Crippen molar-refractivity contribution in [3.8, 4) is 0 Å². The maximum Gasteiger partial charge on any atom is 0.0521 e. The Balaban J connectivity index is 1.56. The maximum atomic E-state index is 5.74. The van der Waals surface area contributed by atoms with Gasteiger partial charge in [0.25, 0.3) is 0 Å². The van der Waals surface area contributed by atoms with Gasteiger partial charge in [0.05, 0.1) is 13.2 Å². The lowest BCUT2D eigenvalue weighted by molar-refractivity contribution is -0.0993. The van der Waals surface area contributed by atoms with Crippen LogP contribution in [-0.4, -0.2) is 44.4 Å². The highest BCUT2D eigenvalue weighted by Gasteiger charge is 2.43. The maximum absolute atomic E-state index is 5.74. The van der Waals surface area contributed by atoms with Crippen LogP contribution in [0, 0.1) is 11.3 Å². The molecule has 1 aromatic carbocycles. The Morgan fingerprint density at radius 1 is 1.18 bits per heavy atom. The number of hydrogen-bond acceptors (Lipinski definition) is 3. The predicted molar refractivity (Wildman–Crippen MR) is 88.8 cm³/mol. The molecule has 2 fully saturated rings. The van der Waals surface area contributed by atoms with Crippen LogP contribution >= 0.6 is 0 Å². The van der Waals surface area contributed by atoms with E-state index in [2.05, 4.69) is 42.2 Å². The van der Waals surface area contributed by atoms with Crippen molar-refractivity contribution in [2.45, 2.75) is 32.7 Å². The van der Waals surface area contributed by atoms with Gasteiger partial charge in [-0.2, -0.15) is 0 Å². The van der Waals surface area contributed by atoms with Gasteiger partial charge in [0.15, 0.2) is 0 Å². The largest absolute Gasteiger partial charge is 0.381 e. The third-order valence-corrected chi connectivity index (χ3v) is 5.55. The van der Waals surface area contributed by atoms with Crippen molar-refractivity contribution in [3.63, 3.8) is 0 Å². The molecular formula is C19H29NO2. The first kappa shape index (κ1) is 16.0. The molecule has 0 bridgehead atoms. The number of likely N-dealkylation sites (tertiary alicyclic amines) is 1. The Labute approximate surface area is 134 Å². The van der Waals surface area contributed by atoms with Crippen LogP contribution in [0.2, 0.25) is 0 Å². The van der Waals surface area contributed by atoms with E-state index in [-0.39, 0.29) is 0 Å². The highest BCUT2D eigenvalue weighted by molar-refractivity contribution is 5.14. The summed E-state index contributed by atoms with van der Waals surface area (Å²) in [6, 6.07) is 10.8. The van der Waals surface area contributed by atoms with E-state index in [1.807, 2.05) is 0 Å². The standard InChI is InChI=1S/C19H29NO2/c1-2-21-15-18-16-22-13-10-19(18)8-11-20(12-9-19)14-17-6-4-3-5-7-17/h3-7,18H,2,8-16H2,1H3/t18-/m0/s1. The first-order valence-electron chi connectivity index (χ1n) is 8.74. The number of hydrogen-bond donors (Lipinski definition) is 0. The minimum Gasteiger partial charge on any atom is -0.381 e. The van der Waals surface area contributed by atoms with Crippen LogP contribution in [0.4, 0.5) is 0 Å². The summed E-state index contributed by atoms with van der Waals surface area (Å²) in [5, 5.41) is 0. The number of benzene rings is 1. The van der Waals surface area contributed by atoms with E-state index in [1.54, 1.807) is 0 Å². The van der Waals surface area contributed by atoms with Crippen LogP contribution in [0.15, 0.2) is 30.3 Å². The Hall–Kier alpha value is -0.900. The van der Waals surface area contributed by atoms with Gasteiger partial charge in [0.1, 0.15) is 0 Å². The highest BCUT2D eigenvalue weighted by Crippen LogP contribution is 2.45. The zero-order valence-corrected chi connectivity index (χ0v) is 13.8. The fourth-order valence-electron chi connectivity index (χ4n) is 4.02. The molecule has 0 unspecified atom stereocenters. The summed E-state index contributed by atoms with van der Waals surface area (Å²) in [6.45, 7) is 9.08. The first-order valence-corrected chi connectivity index (χ1v) is 8.74. The van der Waals surface area contributed by atoms with E-state index in [0.29, 0.717) is 11.3 Å². The smallest absolute Gasteiger partial charge is 0.0521 e. The monoisotopic (exact) mass is 303 g/mol. The zero-order chi connectivity index (χ0) is 15.3. The normalized spacial score (nSPS) is 25.4. The summed E-state index contributed by atoms with van der Waals surface area (Å²) in [5.74, 6) is 0.583. The zero-order valence-electron chi connectivity index (χ0n) is 13.8. The fourth-order valence-corrected chi connectivity index (χ4v) is 4.02.